The standard InChI is InChI=1S/C16H36N2O/c1-7-15(5)18(11-12-19-6)14-16(8-2,9-3)13-17-10-4/h15,17H,7-14H2,1-6H3. The van der Waals surface area contributed by atoms with Crippen LogP contribution in [-0.2, 0) is 4.74 Å². The zero-order valence-electron chi connectivity index (χ0n) is 14.1. The van der Waals surface area contributed by atoms with Gasteiger partial charge in [0.25, 0.3) is 0 Å². The summed E-state index contributed by atoms with van der Waals surface area (Å²) in [5.41, 5.74) is 0.396. The molecule has 1 unspecified atom stereocenters. The molecule has 0 aliphatic heterocycles. The topological polar surface area (TPSA) is 24.5 Å². The summed E-state index contributed by atoms with van der Waals surface area (Å²) in [6.07, 6.45) is 3.67. The largest absolute Gasteiger partial charge is 0.383 e. The summed E-state index contributed by atoms with van der Waals surface area (Å²) in [6.45, 7) is 16.7. The minimum atomic E-state index is 0.396. The van der Waals surface area contributed by atoms with E-state index in [0.717, 1.165) is 26.2 Å². The van der Waals surface area contributed by atoms with Crippen molar-refractivity contribution in [1.29, 1.82) is 0 Å². The summed E-state index contributed by atoms with van der Waals surface area (Å²) in [7, 11) is 1.79. The normalized spacial score (nSPS) is 14.1. The number of nitrogens with zero attached hydrogens (tertiary/aromatic N) is 1. The third-order valence-corrected chi connectivity index (χ3v) is 4.59. The van der Waals surface area contributed by atoms with Crippen LogP contribution in [-0.4, -0.2) is 50.8 Å². The smallest absolute Gasteiger partial charge is 0.0589 e. The summed E-state index contributed by atoms with van der Waals surface area (Å²) in [4.78, 5) is 2.60. The highest BCUT2D eigenvalue weighted by molar-refractivity contribution is 4.84. The van der Waals surface area contributed by atoms with Crippen LogP contribution in [0.3, 0.4) is 0 Å². The van der Waals surface area contributed by atoms with Gasteiger partial charge in [0.2, 0.25) is 0 Å². The van der Waals surface area contributed by atoms with Crippen LogP contribution in [0, 0.1) is 5.41 Å². The van der Waals surface area contributed by atoms with E-state index in [4.69, 9.17) is 4.74 Å². The predicted molar refractivity (Wildman–Crippen MR) is 84.8 cm³/mol. The Labute approximate surface area is 121 Å². The molecule has 1 atom stereocenters. The van der Waals surface area contributed by atoms with Gasteiger partial charge >= 0.3 is 0 Å². The number of ether oxygens (including phenoxy) is 1. The van der Waals surface area contributed by atoms with Crippen LogP contribution in [0.1, 0.15) is 53.9 Å². The molecule has 0 bridgehead atoms. The second-order valence-corrected chi connectivity index (χ2v) is 5.71. The second kappa shape index (κ2) is 10.6. The molecule has 0 spiro atoms. The van der Waals surface area contributed by atoms with Crippen molar-refractivity contribution in [2.24, 2.45) is 5.41 Å². The monoisotopic (exact) mass is 272 g/mol. The van der Waals surface area contributed by atoms with Gasteiger partial charge in [-0.25, -0.2) is 0 Å². The van der Waals surface area contributed by atoms with E-state index in [1.54, 1.807) is 7.11 Å². The van der Waals surface area contributed by atoms with Crippen molar-refractivity contribution in [3.63, 3.8) is 0 Å². The fourth-order valence-corrected chi connectivity index (χ4v) is 2.52. The molecule has 19 heavy (non-hydrogen) atoms. The first-order chi connectivity index (χ1) is 9.09. The molecule has 0 saturated heterocycles. The number of nitrogens with one attached hydrogen (secondary N) is 1. The van der Waals surface area contributed by atoms with Crippen molar-refractivity contribution in [2.45, 2.75) is 59.9 Å². The first kappa shape index (κ1) is 18.9. The van der Waals surface area contributed by atoms with Crippen LogP contribution >= 0.6 is 0 Å². The molecule has 1 N–H and O–H groups in total. The molecule has 0 amide bonds. The fraction of sp³-hybridized carbons (Fsp3) is 1.00. The summed E-state index contributed by atoms with van der Waals surface area (Å²) in [5.74, 6) is 0. The van der Waals surface area contributed by atoms with Crippen molar-refractivity contribution in [3.8, 4) is 0 Å². The summed E-state index contributed by atoms with van der Waals surface area (Å²) >= 11 is 0. The van der Waals surface area contributed by atoms with Gasteiger partial charge in [-0.15, -0.1) is 0 Å². The zero-order valence-corrected chi connectivity index (χ0v) is 14.1. The van der Waals surface area contributed by atoms with Crippen LogP contribution in [0.5, 0.6) is 0 Å². The van der Waals surface area contributed by atoms with E-state index in [-0.39, 0.29) is 0 Å². The first-order valence-electron chi connectivity index (χ1n) is 8.02. The van der Waals surface area contributed by atoms with Gasteiger partial charge in [-0.1, -0.05) is 27.7 Å². The van der Waals surface area contributed by atoms with E-state index < -0.39 is 0 Å². The molecular weight excluding hydrogens is 236 g/mol. The van der Waals surface area contributed by atoms with Crippen LogP contribution in [0.4, 0.5) is 0 Å². The van der Waals surface area contributed by atoms with Gasteiger partial charge in [0.05, 0.1) is 6.61 Å². The molecule has 0 rings (SSSR count). The highest BCUT2D eigenvalue weighted by Crippen LogP contribution is 2.28. The Morgan fingerprint density at radius 3 is 2.21 bits per heavy atom. The number of rotatable bonds is 12. The average molecular weight is 272 g/mol. The Balaban J connectivity index is 4.70. The molecule has 0 aromatic rings. The third kappa shape index (κ3) is 6.73. The molecule has 0 aromatic heterocycles. The summed E-state index contributed by atoms with van der Waals surface area (Å²) < 4.78 is 5.27. The Bertz CT molecular complexity index is 205. The highest BCUT2D eigenvalue weighted by Gasteiger charge is 2.29. The quantitative estimate of drug-likeness (QED) is 0.591. The molecule has 3 nitrogen and oxygen atoms in total. The molecule has 0 radical (unpaired) electrons. The van der Waals surface area contributed by atoms with E-state index >= 15 is 0 Å². The van der Waals surface area contributed by atoms with Gasteiger partial charge in [0.1, 0.15) is 0 Å². The van der Waals surface area contributed by atoms with Crippen molar-refractivity contribution in [1.82, 2.24) is 10.2 Å². The van der Waals surface area contributed by atoms with E-state index in [0.29, 0.717) is 11.5 Å². The van der Waals surface area contributed by atoms with Gasteiger partial charge in [-0.05, 0) is 38.1 Å². The average Bonchev–Trinajstić information content (AvgIpc) is 2.46. The molecule has 0 heterocycles. The zero-order chi connectivity index (χ0) is 14.7. The lowest BCUT2D eigenvalue weighted by Gasteiger charge is -2.40. The number of hydrogen-bond donors (Lipinski definition) is 1. The van der Waals surface area contributed by atoms with E-state index in [1.807, 2.05) is 0 Å². The Hall–Kier alpha value is -0.120. The third-order valence-electron chi connectivity index (χ3n) is 4.59. The van der Waals surface area contributed by atoms with E-state index in [9.17, 15) is 0 Å². The Kier molecular flexibility index (Phi) is 10.6. The fourth-order valence-electron chi connectivity index (χ4n) is 2.52. The molecule has 0 aromatic carbocycles. The van der Waals surface area contributed by atoms with Crippen molar-refractivity contribution in [3.05, 3.63) is 0 Å². The first-order valence-corrected chi connectivity index (χ1v) is 8.02. The molecule has 0 fully saturated rings. The van der Waals surface area contributed by atoms with Crippen LogP contribution in [0.25, 0.3) is 0 Å². The lowest BCUT2D eigenvalue weighted by atomic mass is 9.81. The van der Waals surface area contributed by atoms with Gasteiger partial charge in [-0.3, -0.25) is 4.90 Å². The van der Waals surface area contributed by atoms with Crippen LogP contribution in [0.15, 0.2) is 0 Å². The molecule has 0 aliphatic rings. The Morgan fingerprint density at radius 2 is 1.79 bits per heavy atom. The van der Waals surface area contributed by atoms with Crippen molar-refractivity contribution < 1.29 is 4.74 Å². The molecule has 3 heteroatoms. The van der Waals surface area contributed by atoms with E-state index in [1.165, 1.54) is 25.8 Å². The molecule has 116 valence electrons. The van der Waals surface area contributed by atoms with Gasteiger partial charge in [0, 0.05) is 32.8 Å². The summed E-state index contributed by atoms with van der Waals surface area (Å²) in [5, 5.41) is 3.55. The molecule has 0 saturated carbocycles. The van der Waals surface area contributed by atoms with Gasteiger partial charge < -0.3 is 10.1 Å². The SMILES string of the molecule is CCNCC(CC)(CC)CN(CCOC)C(C)CC. The molecular formula is C16H36N2O. The maximum absolute atomic E-state index is 5.27. The maximum Gasteiger partial charge on any atom is 0.0589 e. The predicted octanol–water partition coefficient (Wildman–Crippen LogP) is 3.15. The highest BCUT2D eigenvalue weighted by atomic mass is 16.5. The minimum absolute atomic E-state index is 0.396. The number of methoxy groups -OCH3 is 1. The lowest BCUT2D eigenvalue weighted by Crippen LogP contribution is -2.47. The number of hydrogen-bond acceptors (Lipinski definition) is 3. The van der Waals surface area contributed by atoms with E-state index in [2.05, 4.69) is 44.8 Å². The summed E-state index contributed by atoms with van der Waals surface area (Å²) in [6, 6.07) is 0.634. The van der Waals surface area contributed by atoms with Crippen molar-refractivity contribution in [2.75, 3.05) is 39.9 Å². The lowest BCUT2D eigenvalue weighted by molar-refractivity contribution is 0.0718. The Morgan fingerprint density at radius 1 is 1.16 bits per heavy atom. The second-order valence-electron chi connectivity index (χ2n) is 5.71. The molecule has 0 aliphatic carbocycles. The van der Waals surface area contributed by atoms with Crippen molar-refractivity contribution >= 4 is 0 Å². The van der Waals surface area contributed by atoms with Crippen LogP contribution < -0.4 is 5.32 Å². The minimum Gasteiger partial charge on any atom is -0.383 e. The van der Waals surface area contributed by atoms with Gasteiger partial charge in [0.15, 0.2) is 0 Å². The maximum atomic E-state index is 5.27. The van der Waals surface area contributed by atoms with Gasteiger partial charge in [-0.2, -0.15) is 0 Å². The van der Waals surface area contributed by atoms with Crippen LogP contribution in [0.2, 0.25) is 0 Å².